The summed E-state index contributed by atoms with van der Waals surface area (Å²) in [6, 6.07) is 8.70. The van der Waals surface area contributed by atoms with Crippen molar-refractivity contribution in [2.45, 2.75) is 44.9 Å². The van der Waals surface area contributed by atoms with E-state index in [-0.39, 0.29) is 0 Å². The van der Waals surface area contributed by atoms with Gasteiger partial charge in [0.15, 0.2) is 0 Å². The summed E-state index contributed by atoms with van der Waals surface area (Å²) in [5.74, 6) is 1.85. The molecule has 1 N–H and O–H groups in total. The fraction of sp³-hybridized carbons (Fsp3) is 0.611. The quantitative estimate of drug-likeness (QED) is 0.640. The molecule has 1 aromatic carbocycles. The van der Waals surface area contributed by atoms with Gasteiger partial charge in [0.05, 0.1) is 5.71 Å². The van der Waals surface area contributed by atoms with Crippen LogP contribution in [-0.4, -0.2) is 24.0 Å². The Balaban J connectivity index is 1.57. The molecule has 2 aliphatic carbocycles. The van der Waals surface area contributed by atoms with Crippen molar-refractivity contribution in [3.8, 4) is 0 Å². The Morgan fingerprint density at radius 3 is 2.48 bits per heavy atom. The van der Waals surface area contributed by atoms with E-state index >= 15 is 0 Å². The highest BCUT2D eigenvalue weighted by Crippen LogP contribution is 2.38. The van der Waals surface area contributed by atoms with Crippen LogP contribution in [-0.2, 0) is 4.84 Å². The second kappa shape index (κ2) is 6.61. The third-order valence-electron chi connectivity index (χ3n) is 4.81. The summed E-state index contributed by atoms with van der Waals surface area (Å²) in [4.78, 5) is 5.39. The van der Waals surface area contributed by atoms with Crippen LogP contribution in [0.25, 0.3) is 0 Å². The van der Waals surface area contributed by atoms with Gasteiger partial charge >= 0.3 is 0 Å². The lowest BCUT2D eigenvalue weighted by Crippen LogP contribution is -2.01. The van der Waals surface area contributed by atoms with Crippen molar-refractivity contribution in [1.82, 2.24) is 0 Å². The fourth-order valence-corrected chi connectivity index (χ4v) is 3.12. The van der Waals surface area contributed by atoms with E-state index in [1.807, 2.05) is 6.92 Å². The highest BCUT2D eigenvalue weighted by atomic mass is 16.6. The zero-order valence-electron chi connectivity index (χ0n) is 12.8. The minimum absolute atomic E-state index is 0.332. The van der Waals surface area contributed by atoms with Crippen molar-refractivity contribution >= 4 is 5.71 Å². The number of aliphatic hydroxyl groups excluding tert-OH is 1. The Hall–Kier alpha value is -1.35. The predicted octanol–water partition coefficient (Wildman–Crippen LogP) is 3.71. The van der Waals surface area contributed by atoms with E-state index in [9.17, 15) is 5.11 Å². The molecule has 0 saturated heterocycles. The molecule has 3 rings (SSSR count). The molecule has 0 bridgehead atoms. The molecule has 0 aromatic heterocycles. The monoisotopic (exact) mass is 287 g/mol. The maximum atomic E-state index is 9.24. The molecule has 0 unspecified atom stereocenters. The first kappa shape index (κ1) is 14.6. The molecule has 0 amide bonds. The minimum Gasteiger partial charge on any atom is -0.396 e. The van der Waals surface area contributed by atoms with Crippen molar-refractivity contribution in [1.29, 1.82) is 0 Å². The molecule has 0 radical (unpaired) electrons. The van der Waals surface area contributed by atoms with Gasteiger partial charge in [-0.3, -0.25) is 0 Å². The maximum Gasteiger partial charge on any atom is 0.120 e. The third-order valence-corrected chi connectivity index (χ3v) is 4.81. The van der Waals surface area contributed by atoms with E-state index in [1.54, 1.807) is 0 Å². The van der Waals surface area contributed by atoms with Gasteiger partial charge in [0.2, 0.25) is 0 Å². The number of oxime groups is 1. The smallest absolute Gasteiger partial charge is 0.120 e. The molecule has 114 valence electrons. The van der Waals surface area contributed by atoms with E-state index in [0.717, 1.165) is 36.6 Å². The summed E-state index contributed by atoms with van der Waals surface area (Å²) in [6.07, 6.45) is 6.05. The zero-order chi connectivity index (χ0) is 14.7. The molecule has 0 aliphatic heterocycles. The van der Waals surface area contributed by atoms with Gasteiger partial charge in [-0.25, -0.2) is 0 Å². The highest BCUT2D eigenvalue weighted by Gasteiger charge is 2.25. The van der Waals surface area contributed by atoms with Gasteiger partial charge in [-0.1, -0.05) is 29.4 Å². The zero-order valence-corrected chi connectivity index (χ0v) is 12.8. The lowest BCUT2D eigenvalue weighted by molar-refractivity contribution is 0.134. The summed E-state index contributed by atoms with van der Waals surface area (Å²) in [6.45, 7) is 3.10. The second-order valence-electron chi connectivity index (χ2n) is 6.60. The lowest BCUT2D eigenvalue weighted by atomic mass is 9.95. The molecule has 0 heterocycles. The van der Waals surface area contributed by atoms with Crippen LogP contribution in [0.4, 0.5) is 0 Å². The number of benzene rings is 1. The van der Waals surface area contributed by atoms with E-state index in [0.29, 0.717) is 18.4 Å². The van der Waals surface area contributed by atoms with E-state index in [2.05, 4.69) is 29.4 Å². The first-order chi connectivity index (χ1) is 10.3. The summed E-state index contributed by atoms with van der Waals surface area (Å²) in [5.41, 5.74) is 3.47. The molecular formula is C18H25NO2. The van der Waals surface area contributed by atoms with Crippen molar-refractivity contribution in [2.75, 3.05) is 13.2 Å². The van der Waals surface area contributed by atoms with Crippen LogP contribution in [0.5, 0.6) is 0 Å². The number of aliphatic hydroxyl groups is 1. The molecule has 1 aromatic rings. The van der Waals surface area contributed by atoms with Crippen LogP contribution in [0.2, 0.25) is 0 Å². The normalized spacial score (nSPS) is 26.1. The molecule has 3 nitrogen and oxygen atoms in total. The summed E-state index contributed by atoms with van der Waals surface area (Å²) in [5, 5.41) is 13.5. The number of nitrogens with zero attached hydrogens (tertiary/aromatic N) is 1. The molecule has 0 spiro atoms. The van der Waals surface area contributed by atoms with Gasteiger partial charge in [0.25, 0.3) is 0 Å². The van der Waals surface area contributed by atoms with Gasteiger partial charge in [-0.05, 0) is 67.9 Å². The van der Waals surface area contributed by atoms with Gasteiger partial charge in [0, 0.05) is 6.61 Å². The topological polar surface area (TPSA) is 41.8 Å². The molecule has 2 aliphatic rings. The molecular weight excluding hydrogens is 262 g/mol. The van der Waals surface area contributed by atoms with Crippen LogP contribution >= 0.6 is 0 Å². The Morgan fingerprint density at radius 2 is 1.86 bits per heavy atom. The fourth-order valence-electron chi connectivity index (χ4n) is 3.12. The number of rotatable bonds is 6. The van der Waals surface area contributed by atoms with E-state index < -0.39 is 0 Å². The Kier molecular flexibility index (Phi) is 4.59. The number of hydrogen-bond acceptors (Lipinski definition) is 3. The number of hydrogen-bond donors (Lipinski definition) is 1. The second-order valence-corrected chi connectivity index (χ2v) is 6.60. The maximum absolute atomic E-state index is 9.24. The summed E-state index contributed by atoms with van der Waals surface area (Å²) in [7, 11) is 0. The molecule has 21 heavy (non-hydrogen) atoms. The first-order valence-corrected chi connectivity index (χ1v) is 8.14. The Bertz CT molecular complexity index is 490. The van der Waals surface area contributed by atoms with Crippen LogP contribution in [0.1, 0.15) is 56.1 Å². The summed E-state index contributed by atoms with van der Waals surface area (Å²) >= 11 is 0. The SMILES string of the molecule is C/C(=N\OCC1CC1)c1ccc([C@@H]2CC[C@H](CO)C2)cc1. The molecule has 2 atom stereocenters. The lowest BCUT2D eigenvalue weighted by Gasteiger charge is -2.11. The molecule has 3 heteroatoms. The highest BCUT2D eigenvalue weighted by molar-refractivity contribution is 5.98. The van der Waals surface area contributed by atoms with Gasteiger partial charge in [-0.15, -0.1) is 0 Å². The average molecular weight is 287 g/mol. The van der Waals surface area contributed by atoms with Crippen molar-refractivity contribution in [2.24, 2.45) is 17.0 Å². The van der Waals surface area contributed by atoms with Crippen molar-refractivity contribution in [3.05, 3.63) is 35.4 Å². The van der Waals surface area contributed by atoms with Crippen LogP contribution in [0.3, 0.4) is 0 Å². The standard InChI is InChI=1S/C18H25NO2/c1-13(19-21-12-14-2-3-14)16-6-8-17(9-7-16)18-5-4-15(10-18)11-20/h6-9,14-15,18,20H,2-5,10-12H2,1H3/b19-13+/t15-,18+/m0/s1. The summed E-state index contributed by atoms with van der Waals surface area (Å²) < 4.78 is 0. The molecule has 2 saturated carbocycles. The average Bonchev–Trinajstić information content (AvgIpc) is 3.21. The van der Waals surface area contributed by atoms with Crippen molar-refractivity contribution < 1.29 is 9.94 Å². The third kappa shape index (κ3) is 3.85. The largest absolute Gasteiger partial charge is 0.396 e. The van der Waals surface area contributed by atoms with E-state index in [1.165, 1.54) is 24.8 Å². The predicted molar refractivity (Wildman–Crippen MR) is 84.5 cm³/mol. The molecule has 2 fully saturated rings. The van der Waals surface area contributed by atoms with Crippen molar-refractivity contribution in [3.63, 3.8) is 0 Å². The Morgan fingerprint density at radius 1 is 1.14 bits per heavy atom. The first-order valence-electron chi connectivity index (χ1n) is 8.14. The van der Waals surface area contributed by atoms with Gasteiger partial charge in [0.1, 0.15) is 6.61 Å². The minimum atomic E-state index is 0.332. The van der Waals surface area contributed by atoms with Crippen LogP contribution < -0.4 is 0 Å². The van der Waals surface area contributed by atoms with Crippen LogP contribution in [0.15, 0.2) is 29.4 Å². The Labute approximate surface area is 127 Å². The van der Waals surface area contributed by atoms with Gasteiger partial charge in [-0.2, -0.15) is 0 Å². The van der Waals surface area contributed by atoms with Gasteiger partial charge < -0.3 is 9.94 Å². The van der Waals surface area contributed by atoms with E-state index in [4.69, 9.17) is 4.84 Å². The van der Waals surface area contributed by atoms with Crippen LogP contribution in [0, 0.1) is 11.8 Å².